The fourth-order valence-electron chi connectivity index (χ4n) is 8.49. The summed E-state index contributed by atoms with van der Waals surface area (Å²) in [6.07, 6.45) is 10.9. The zero-order valence-corrected chi connectivity index (χ0v) is 21.4. The summed E-state index contributed by atoms with van der Waals surface area (Å²) in [4.78, 5) is 36.4. The lowest BCUT2D eigenvalue weighted by Crippen LogP contribution is -2.53. The van der Waals surface area contributed by atoms with Crippen LogP contribution in [0.2, 0.25) is 0 Å². The SMILES string of the molecule is CC(=O)O[C@@]1(c2cn(-c3ccccc3C(=O)O)nn2)CC[C@H]2[C@@H]3CCC4=CC(=O)CC[C@@H]4[C@H]3CC[C@@]21C. The van der Waals surface area contributed by atoms with Gasteiger partial charge >= 0.3 is 11.9 Å². The average molecular weight is 504 g/mol. The molecule has 1 aromatic heterocycles. The molecule has 0 spiro atoms. The van der Waals surface area contributed by atoms with Crippen molar-refractivity contribution in [3.8, 4) is 5.69 Å². The van der Waals surface area contributed by atoms with Crippen LogP contribution < -0.4 is 0 Å². The molecular formula is C29H33N3O5. The molecule has 6 atom stereocenters. The van der Waals surface area contributed by atoms with Crippen LogP contribution >= 0.6 is 0 Å². The van der Waals surface area contributed by atoms with Gasteiger partial charge in [-0.1, -0.05) is 29.8 Å². The molecule has 0 radical (unpaired) electrons. The van der Waals surface area contributed by atoms with Crippen molar-refractivity contribution < 1.29 is 24.2 Å². The van der Waals surface area contributed by atoms with Crippen LogP contribution in [0.5, 0.6) is 0 Å². The van der Waals surface area contributed by atoms with E-state index in [1.807, 2.05) is 6.08 Å². The zero-order chi connectivity index (χ0) is 25.9. The first kappa shape index (κ1) is 24.1. The molecule has 2 aromatic rings. The number of allylic oxidation sites excluding steroid dienone is 1. The molecule has 6 rings (SSSR count). The Balaban J connectivity index is 1.38. The van der Waals surface area contributed by atoms with Gasteiger partial charge in [-0.3, -0.25) is 9.59 Å². The van der Waals surface area contributed by atoms with Crippen molar-refractivity contribution in [3.05, 3.63) is 53.4 Å². The fraction of sp³-hybridized carbons (Fsp3) is 0.552. The van der Waals surface area contributed by atoms with Gasteiger partial charge in [-0.05, 0) is 86.8 Å². The van der Waals surface area contributed by atoms with Crippen molar-refractivity contribution >= 4 is 17.7 Å². The minimum absolute atomic E-state index is 0.133. The third kappa shape index (κ3) is 3.59. The molecule has 8 heteroatoms. The van der Waals surface area contributed by atoms with Crippen LogP contribution in [0.3, 0.4) is 0 Å². The third-order valence-electron chi connectivity index (χ3n) is 10.0. The van der Waals surface area contributed by atoms with Crippen molar-refractivity contribution in [1.82, 2.24) is 15.0 Å². The van der Waals surface area contributed by atoms with Gasteiger partial charge in [0.15, 0.2) is 11.4 Å². The highest BCUT2D eigenvalue weighted by Gasteiger charge is 2.66. The first-order chi connectivity index (χ1) is 17.7. The topological polar surface area (TPSA) is 111 Å². The highest BCUT2D eigenvalue weighted by molar-refractivity contribution is 5.92. The van der Waals surface area contributed by atoms with Crippen LogP contribution in [0.4, 0.5) is 0 Å². The molecule has 3 saturated carbocycles. The van der Waals surface area contributed by atoms with E-state index in [1.54, 1.807) is 30.5 Å². The average Bonchev–Trinajstić information content (AvgIpc) is 3.47. The number of hydrogen-bond acceptors (Lipinski definition) is 6. The number of rotatable bonds is 4. The smallest absolute Gasteiger partial charge is 0.337 e. The van der Waals surface area contributed by atoms with Crippen molar-refractivity contribution in [1.29, 1.82) is 0 Å². The largest absolute Gasteiger partial charge is 0.478 e. The molecule has 3 fully saturated rings. The van der Waals surface area contributed by atoms with Gasteiger partial charge in [-0.2, -0.15) is 0 Å². The molecule has 0 unspecified atom stereocenters. The van der Waals surface area contributed by atoms with E-state index in [0.717, 1.165) is 38.5 Å². The monoisotopic (exact) mass is 503 g/mol. The van der Waals surface area contributed by atoms with Gasteiger partial charge in [-0.15, -0.1) is 5.10 Å². The lowest BCUT2D eigenvalue weighted by molar-refractivity contribution is -0.184. The van der Waals surface area contributed by atoms with Crippen LogP contribution in [0, 0.1) is 29.1 Å². The van der Waals surface area contributed by atoms with E-state index in [9.17, 15) is 19.5 Å². The van der Waals surface area contributed by atoms with E-state index in [-0.39, 0.29) is 22.7 Å². The number of carbonyl (C=O) groups excluding carboxylic acids is 2. The van der Waals surface area contributed by atoms with Gasteiger partial charge < -0.3 is 9.84 Å². The van der Waals surface area contributed by atoms with Gasteiger partial charge in [0, 0.05) is 18.8 Å². The summed E-state index contributed by atoms with van der Waals surface area (Å²) in [6.45, 7) is 3.70. The highest BCUT2D eigenvalue weighted by Crippen LogP contribution is 2.68. The van der Waals surface area contributed by atoms with Crippen molar-refractivity contribution in [2.45, 2.75) is 70.8 Å². The number of nitrogens with zero attached hydrogens (tertiary/aromatic N) is 3. The summed E-state index contributed by atoms with van der Waals surface area (Å²) < 4.78 is 7.75. The zero-order valence-electron chi connectivity index (χ0n) is 21.4. The normalized spacial score (nSPS) is 34.6. The number of aromatic nitrogens is 3. The van der Waals surface area contributed by atoms with E-state index in [4.69, 9.17) is 4.74 Å². The third-order valence-corrected chi connectivity index (χ3v) is 10.0. The molecule has 0 amide bonds. The van der Waals surface area contributed by atoms with Gasteiger partial charge in [0.2, 0.25) is 0 Å². The molecule has 4 aliphatic carbocycles. The Bertz CT molecular complexity index is 1310. The van der Waals surface area contributed by atoms with E-state index in [1.165, 1.54) is 17.2 Å². The minimum atomic E-state index is -1.04. The number of fused-ring (bicyclic) bond motifs is 5. The molecule has 37 heavy (non-hydrogen) atoms. The maximum absolute atomic E-state index is 12.5. The lowest BCUT2D eigenvalue weighted by Gasteiger charge is -2.55. The number of ether oxygens (including phenoxy) is 1. The lowest BCUT2D eigenvalue weighted by atomic mass is 9.50. The summed E-state index contributed by atoms with van der Waals surface area (Å²) in [5.74, 6) is 0.853. The fourth-order valence-corrected chi connectivity index (χ4v) is 8.49. The summed E-state index contributed by atoms with van der Waals surface area (Å²) >= 11 is 0. The Hall–Kier alpha value is -3.29. The molecule has 4 aliphatic rings. The molecule has 0 saturated heterocycles. The number of hydrogen-bond donors (Lipinski definition) is 1. The second-order valence-electron chi connectivity index (χ2n) is 11.6. The molecule has 1 heterocycles. The first-order valence-corrected chi connectivity index (χ1v) is 13.4. The Kier molecular flexibility index (Phi) is 5.62. The van der Waals surface area contributed by atoms with Crippen molar-refractivity contribution in [2.75, 3.05) is 0 Å². The van der Waals surface area contributed by atoms with Gasteiger partial charge in [0.05, 0.1) is 17.4 Å². The summed E-state index contributed by atoms with van der Waals surface area (Å²) in [6, 6.07) is 6.69. The van der Waals surface area contributed by atoms with Crippen LogP contribution in [-0.4, -0.2) is 37.8 Å². The summed E-state index contributed by atoms with van der Waals surface area (Å²) in [5.41, 5.74) is 1.28. The van der Waals surface area contributed by atoms with Crippen molar-refractivity contribution in [3.63, 3.8) is 0 Å². The number of ketones is 1. The van der Waals surface area contributed by atoms with E-state index >= 15 is 0 Å². The molecule has 8 nitrogen and oxygen atoms in total. The van der Waals surface area contributed by atoms with E-state index < -0.39 is 11.6 Å². The summed E-state index contributed by atoms with van der Waals surface area (Å²) in [7, 11) is 0. The Morgan fingerprint density at radius 1 is 1.08 bits per heavy atom. The molecule has 194 valence electrons. The van der Waals surface area contributed by atoms with Gasteiger partial charge in [0.25, 0.3) is 0 Å². The number of aromatic carboxylic acids is 1. The highest BCUT2D eigenvalue weighted by atomic mass is 16.6. The number of carbonyl (C=O) groups is 3. The van der Waals surface area contributed by atoms with Gasteiger partial charge in [0.1, 0.15) is 5.69 Å². The number of benzene rings is 1. The number of carboxylic acid groups (broad SMARTS) is 1. The molecule has 1 aromatic carbocycles. The minimum Gasteiger partial charge on any atom is -0.478 e. The standard InChI is InChI=1S/C29H33N3O5/c1-17(33)37-29(26-16-32(31-30-26)25-6-4-3-5-23(25)27(35)36)14-12-24-22-9-7-18-15-19(34)8-10-20(18)21(22)11-13-28(24,29)2/h3-6,15-16,20-22,24H,7-14H2,1-2H3,(H,35,36)/t20-,21+,22+,24-,28-,29+/m0/s1. The predicted molar refractivity (Wildman–Crippen MR) is 134 cm³/mol. The Morgan fingerprint density at radius 2 is 1.89 bits per heavy atom. The van der Waals surface area contributed by atoms with E-state index in [0.29, 0.717) is 47.9 Å². The van der Waals surface area contributed by atoms with Crippen LogP contribution in [0.15, 0.2) is 42.1 Å². The van der Waals surface area contributed by atoms with Gasteiger partial charge in [-0.25, -0.2) is 9.48 Å². The Labute approximate surface area is 216 Å². The number of esters is 1. The second kappa shape index (κ2) is 8.64. The van der Waals surface area contributed by atoms with Crippen LogP contribution in [-0.2, 0) is 19.9 Å². The number of carboxylic acids is 1. The van der Waals surface area contributed by atoms with E-state index in [2.05, 4.69) is 17.2 Å². The summed E-state index contributed by atoms with van der Waals surface area (Å²) in [5, 5.41) is 18.5. The number of para-hydroxylation sites is 1. The Morgan fingerprint density at radius 3 is 2.68 bits per heavy atom. The van der Waals surface area contributed by atoms with Crippen LogP contribution in [0.25, 0.3) is 5.69 Å². The second-order valence-corrected chi connectivity index (χ2v) is 11.6. The molecule has 1 N–H and O–H groups in total. The molecule has 0 bridgehead atoms. The van der Waals surface area contributed by atoms with Crippen LogP contribution in [0.1, 0.15) is 81.3 Å². The quantitative estimate of drug-likeness (QED) is 0.593. The maximum atomic E-state index is 12.5. The molecular weight excluding hydrogens is 470 g/mol. The molecule has 0 aliphatic heterocycles. The predicted octanol–water partition coefficient (Wildman–Crippen LogP) is 4.87. The van der Waals surface area contributed by atoms with Crippen molar-refractivity contribution in [2.24, 2.45) is 29.1 Å². The maximum Gasteiger partial charge on any atom is 0.337 e. The first-order valence-electron chi connectivity index (χ1n) is 13.4.